The van der Waals surface area contributed by atoms with Gasteiger partial charge in [0.15, 0.2) is 0 Å². The Bertz CT molecular complexity index is 721. The quantitative estimate of drug-likeness (QED) is 0.877. The van der Waals surface area contributed by atoms with Gasteiger partial charge in [-0.1, -0.05) is 42.1 Å². The molecule has 0 fully saturated rings. The minimum absolute atomic E-state index is 0.00379. The van der Waals surface area contributed by atoms with E-state index >= 15 is 0 Å². The van der Waals surface area contributed by atoms with E-state index in [1.807, 2.05) is 42.5 Å². The Morgan fingerprint density at radius 1 is 1.21 bits per heavy atom. The van der Waals surface area contributed by atoms with Crippen LogP contribution in [0.5, 0.6) is 0 Å². The normalized spacial score (nSPS) is 13.5. The van der Waals surface area contributed by atoms with E-state index in [1.54, 1.807) is 11.1 Å². The molecule has 1 N–H and O–H groups in total. The van der Waals surface area contributed by atoms with Crippen molar-refractivity contribution in [1.82, 2.24) is 10.3 Å². The maximum atomic E-state index is 12.1. The highest BCUT2D eigenvalue weighted by molar-refractivity contribution is 8.00. The molecule has 0 unspecified atom stereocenters. The van der Waals surface area contributed by atoms with Crippen LogP contribution in [0.2, 0.25) is 0 Å². The Morgan fingerprint density at radius 3 is 2.88 bits per heavy atom. The molecule has 2 aromatic rings. The van der Waals surface area contributed by atoms with Crippen molar-refractivity contribution in [3.05, 3.63) is 54.2 Å². The number of hydrogen-bond donors (Lipinski definition) is 1. The van der Waals surface area contributed by atoms with Gasteiger partial charge in [-0.2, -0.15) is 0 Å². The summed E-state index contributed by atoms with van der Waals surface area (Å²) in [6, 6.07) is 13.5. The van der Waals surface area contributed by atoms with Crippen LogP contribution in [0, 0.1) is 0 Å². The molecule has 1 aromatic heterocycles. The van der Waals surface area contributed by atoms with Gasteiger partial charge >= 0.3 is 0 Å². The number of hydrogen-bond acceptors (Lipinski definition) is 4. The van der Waals surface area contributed by atoms with Crippen LogP contribution < -0.4 is 10.2 Å². The van der Waals surface area contributed by atoms with E-state index in [4.69, 9.17) is 0 Å². The highest BCUT2D eigenvalue weighted by atomic mass is 32.2. The van der Waals surface area contributed by atoms with Gasteiger partial charge in [0, 0.05) is 25.7 Å². The third-order valence-corrected chi connectivity index (χ3v) is 4.77. The predicted octanol–water partition coefficient (Wildman–Crippen LogP) is 2.62. The zero-order valence-corrected chi connectivity index (χ0v) is 14.1. The van der Waals surface area contributed by atoms with E-state index < -0.39 is 0 Å². The minimum atomic E-state index is 0.00379. The first-order chi connectivity index (χ1) is 11.7. The van der Waals surface area contributed by atoms with E-state index in [9.17, 15) is 9.59 Å². The van der Waals surface area contributed by atoms with Gasteiger partial charge in [-0.25, -0.2) is 4.98 Å². The number of benzene rings is 1. The summed E-state index contributed by atoms with van der Waals surface area (Å²) >= 11 is 1.46. The van der Waals surface area contributed by atoms with Crippen molar-refractivity contribution in [2.24, 2.45) is 0 Å². The largest absolute Gasteiger partial charge is 0.352 e. The first-order valence-electron chi connectivity index (χ1n) is 7.93. The summed E-state index contributed by atoms with van der Waals surface area (Å²) in [4.78, 5) is 30.1. The van der Waals surface area contributed by atoms with Crippen LogP contribution in [-0.4, -0.2) is 29.1 Å². The van der Waals surface area contributed by atoms with Crippen molar-refractivity contribution in [2.45, 2.75) is 24.4 Å². The first-order valence-corrected chi connectivity index (χ1v) is 8.91. The van der Waals surface area contributed by atoms with Crippen molar-refractivity contribution >= 4 is 29.3 Å². The third kappa shape index (κ3) is 4.14. The van der Waals surface area contributed by atoms with Crippen LogP contribution >= 0.6 is 11.8 Å². The topological polar surface area (TPSA) is 62.3 Å². The molecule has 2 amide bonds. The van der Waals surface area contributed by atoms with Crippen LogP contribution in [0.3, 0.4) is 0 Å². The molecule has 0 bridgehead atoms. The zero-order chi connectivity index (χ0) is 16.8. The molecule has 3 rings (SSSR count). The lowest BCUT2D eigenvalue weighted by molar-refractivity contribution is -0.121. The van der Waals surface area contributed by atoms with Gasteiger partial charge in [0.25, 0.3) is 0 Å². The molecule has 124 valence electrons. The molecule has 0 aliphatic carbocycles. The molecule has 1 aliphatic heterocycles. The van der Waals surface area contributed by atoms with Crippen LogP contribution in [0.4, 0.5) is 5.69 Å². The fraction of sp³-hybridized carbons (Fsp3) is 0.278. The van der Waals surface area contributed by atoms with Gasteiger partial charge in [0.2, 0.25) is 11.8 Å². The fourth-order valence-electron chi connectivity index (χ4n) is 2.57. The lowest BCUT2D eigenvalue weighted by Crippen LogP contribution is -2.37. The molecule has 1 aromatic carbocycles. The monoisotopic (exact) mass is 341 g/mol. The van der Waals surface area contributed by atoms with Crippen LogP contribution in [-0.2, 0) is 16.1 Å². The second kappa shape index (κ2) is 7.97. The smallest absolute Gasteiger partial charge is 0.237 e. The van der Waals surface area contributed by atoms with Gasteiger partial charge in [0.1, 0.15) is 5.03 Å². The van der Waals surface area contributed by atoms with E-state index in [2.05, 4.69) is 10.3 Å². The number of carbonyl (C=O) groups excluding carboxylic acids is 2. The molecule has 0 atom stereocenters. The summed E-state index contributed by atoms with van der Waals surface area (Å²) in [5.74, 6) is 0.485. The van der Waals surface area contributed by atoms with E-state index in [0.29, 0.717) is 31.7 Å². The number of carbonyl (C=O) groups is 2. The number of nitrogens with one attached hydrogen (secondary N) is 1. The number of fused-ring (bicyclic) bond motifs is 1. The molecular formula is C18H19N3O2S. The van der Waals surface area contributed by atoms with Gasteiger partial charge in [-0.3, -0.25) is 9.59 Å². The number of pyridine rings is 1. The standard InChI is InChI=1S/C18H19N3O2S/c22-16(20-12-14-6-2-1-3-7-14)9-5-11-21-15-8-4-10-19-18(15)24-13-17(21)23/h1-4,6-8,10H,5,9,11-13H2,(H,20,22). The second-order valence-corrected chi connectivity index (χ2v) is 6.49. The number of aromatic nitrogens is 1. The maximum Gasteiger partial charge on any atom is 0.237 e. The maximum absolute atomic E-state index is 12.1. The first kappa shape index (κ1) is 16.5. The molecule has 24 heavy (non-hydrogen) atoms. The summed E-state index contributed by atoms with van der Waals surface area (Å²) in [5.41, 5.74) is 1.93. The van der Waals surface area contributed by atoms with Gasteiger partial charge < -0.3 is 10.2 Å². The molecule has 0 spiro atoms. The highest BCUT2D eigenvalue weighted by Crippen LogP contribution is 2.33. The van der Waals surface area contributed by atoms with Crippen molar-refractivity contribution in [3.8, 4) is 0 Å². The lowest BCUT2D eigenvalue weighted by atomic mass is 10.2. The zero-order valence-electron chi connectivity index (χ0n) is 13.3. The molecule has 1 aliphatic rings. The Labute approximate surface area is 145 Å². The Kier molecular flexibility index (Phi) is 5.48. The molecule has 0 radical (unpaired) electrons. The number of nitrogens with zero attached hydrogens (tertiary/aromatic N) is 2. The fourth-order valence-corrected chi connectivity index (χ4v) is 3.45. The number of thioether (sulfide) groups is 1. The van der Waals surface area contributed by atoms with E-state index in [0.717, 1.165) is 16.3 Å². The average Bonchev–Trinajstić information content (AvgIpc) is 2.63. The number of amides is 2. The summed E-state index contributed by atoms with van der Waals surface area (Å²) in [5, 5.41) is 3.79. The van der Waals surface area contributed by atoms with Gasteiger partial charge in [0.05, 0.1) is 11.4 Å². The average molecular weight is 341 g/mol. The predicted molar refractivity (Wildman–Crippen MR) is 94.8 cm³/mol. The lowest BCUT2D eigenvalue weighted by Gasteiger charge is -2.27. The van der Waals surface area contributed by atoms with Crippen molar-refractivity contribution in [1.29, 1.82) is 0 Å². The SMILES string of the molecule is O=C(CCCN1C(=O)CSc2ncccc21)NCc1ccccc1. The highest BCUT2D eigenvalue weighted by Gasteiger charge is 2.24. The Hall–Kier alpha value is -2.34. The van der Waals surface area contributed by atoms with Crippen molar-refractivity contribution < 1.29 is 9.59 Å². The van der Waals surface area contributed by atoms with E-state index in [-0.39, 0.29) is 11.8 Å². The number of anilines is 1. The third-order valence-electron chi connectivity index (χ3n) is 3.79. The molecular weight excluding hydrogens is 322 g/mol. The molecule has 6 heteroatoms. The van der Waals surface area contributed by atoms with Crippen LogP contribution in [0.15, 0.2) is 53.7 Å². The molecule has 2 heterocycles. The Morgan fingerprint density at radius 2 is 2.04 bits per heavy atom. The van der Waals surface area contributed by atoms with Gasteiger partial charge in [-0.15, -0.1) is 0 Å². The summed E-state index contributed by atoms with van der Waals surface area (Å²) in [7, 11) is 0. The minimum Gasteiger partial charge on any atom is -0.352 e. The van der Waals surface area contributed by atoms with Crippen LogP contribution in [0.25, 0.3) is 0 Å². The van der Waals surface area contributed by atoms with Crippen LogP contribution in [0.1, 0.15) is 18.4 Å². The number of rotatable bonds is 6. The van der Waals surface area contributed by atoms with Crippen molar-refractivity contribution in [2.75, 3.05) is 17.2 Å². The molecule has 0 saturated heterocycles. The Balaban J connectivity index is 1.48. The van der Waals surface area contributed by atoms with E-state index in [1.165, 1.54) is 11.8 Å². The summed E-state index contributed by atoms with van der Waals surface area (Å²) in [6.07, 6.45) is 2.77. The summed E-state index contributed by atoms with van der Waals surface area (Å²) in [6.45, 7) is 1.07. The second-order valence-electron chi connectivity index (χ2n) is 5.53. The van der Waals surface area contributed by atoms with Gasteiger partial charge in [-0.05, 0) is 24.1 Å². The van der Waals surface area contributed by atoms with Crippen molar-refractivity contribution in [3.63, 3.8) is 0 Å². The summed E-state index contributed by atoms with van der Waals surface area (Å²) < 4.78 is 0. The molecule has 0 saturated carbocycles. The molecule has 5 nitrogen and oxygen atoms in total.